The highest BCUT2D eigenvalue weighted by Crippen LogP contribution is 2.47. The number of nitrogens with zero attached hydrogens (tertiary/aromatic N) is 1. The lowest BCUT2D eigenvalue weighted by Gasteiger charge is -2.32. The molecule has 7 heteroatoms. The fraction of sp³-hybridized carbons (Fsp3) is 0.467. The van der Waals surface area contributed by atoms with E-state index in [0.717, 1.165) is 22.4 Å². The van der Waals surface area contributed by atoms with Gasteiger partial charge in [-0.15, -0.1) is 0 Å². The number of halogens is 3. The summed E-state index contributed by atoms with van der Waals surface area (Å²) in [4.78, 5) is 23.3. The first kappa shape index (κ1) is 14.9. The van der Waals surface area contributed by atoms with Crippen molar-refractivity contribution in [1.82, 2.24) is 4.90 Å². The lowest BCUT2D eigenvalue weighted by Crippen LogP contribution is -2.46. The normalized spacial score (nSPS) is 23.2. The molecule has 1 aromatic rings. The first-order valence-corrected chi connectivity index (χ1v) is 6.94. The van der Waals surface area contributed by atoms with E-state index in [1.54, 1.807) is 18.2 Å². The molecule has 22 heavy (non-hydrogen) atoms. The van der Waals surface area contributed by atoms with Crippen LogP contribution in [0.4, 0.5) is 13.2 Å². The molecule has 2 aliphatic rings. The monoisotopic (exact) mass is 313 g/mol. The van der Waals surface area contributed by atoms with Gasteiger partial charge < -0.3 is 9.64 Å². The van der Waals surface area contributed by atoms with Crippen LogP contribution in [0.2, 0.25) is 0 Å². The minimum absolute atomic E-state index is 0.0470. The minimum atomic E-state index is -4.84. The number of carbonyl (C=O) groups excluding carboxylic acids is 2. The maximum atomic E-state index is 12.6. The third-order valence-corrected chi connectivity index (χ3v) is 4.18. The molecule has 1 aromatic carbocycles. The van der Waals surface area contributed by atoms with E-state index in [1.807, 2.05) is 0 Å². The van der Waals surface area contributed by atoms with Crippen LogP contribution in [0.15, 0.2) is 18.2 Å². The number of piperidine rings is 1. The van der Waals surface area contributed by atoms with Crippen molar-refractivity contribution in [2.24, 2.45) is 0 Å². The fourth-order valence-electron chi connectivity index (χ4n) is 3.40. The number of likely N-dealkylation sites (tertiary alicyclic amines) is 1. The molecule has 4 nitrogen and oxygen atoms in total. The topological polar surface area (TPSA) is 46.6 Å². The van der Waals surface area contributed by atoms with Crippen molar-refractivity contribution >= 4 is 11.9 Å². The zero-order chi connectivity index (χ0) is 16.1. The Balaban J connectivity index is 1.85. The van der Waals surface area contributed by atoms with Crippen molar-refractivity contribution < 1.29 is 27.5 Å². The van der Waals surface area contributed by atoms with Crippen LogP contribution in [-0.2, 0) is 9.59 Å². The Morgan fingerprint density at radius 3 is 2.41 bits per heavy atom. The van der Waals surface area contributed by atoms with Crippen LogP contribution in [0, 0.1) is 0 Å². The number of esters is 1. The molecule has 2 bridgehead atoms. The molecular weight excluding hydrogens is 299 g/mol. The van der Waals surface area contributed by atoms with Crippen LogP contribution >= 0.6 is 0 Å². The van der Waals surface area contributed by atoms with Crippen molar-refractivity contribution in [1.29, 1.82) is 0 Å². The predicted molar refractivity (Wildman–Crippen MR) is 70.5 cm³/mol. The average Bonchev–Trinajstić information content (AvgIpc) is 2.67. The second-order valence-electron chi connectivity index (χ2n) is 5.72. The maximum Gasteiger partial charge on any atom is 0.471 e. The molecule has 1 aliphatic carbocycles. The van der Waals surface area contributed by atoms with E-state index in [9.17, 15) is 22.8 Å². The van der Waals surface area contributed by atoms with Crippen molar-refractivity contribution in [3.63, 3.8) is 0 Å². The number of alkyl halides is 3. The van der Waals surface area contributed by atoms with Gasteiger partial charge in [0.15, 0.2) is 0 Å². The molecule has 1 aliphatic heterocycles. The number of fused-ring (bicyclic) bond motifs is 5. The lowest BCUT2D eigenvalue weighted by atomic mass is 9.96. The van der Waals surface area contributed by atoms with Crippen molar-refractivity contribution in [3.05, 3.63) is 29.3 Å². The summed E-state index contributed by atoms with van der Waals surface area (Å²) in [5.41, 5.74) is 1.82. The third-order valence-electron chi connectivity index (χ3n) is 4.18. The number of carbonyl (C=O) groups is 2. The summed E-state index contributed by atoms with van der Waals surface area (Å²) < 4.78 is 42.8. The van der Waals surface area contributed by atoms with E-state index in [2.05, 4.69) is 0 Å². The van der Waals surface area contributed by atoms with Gasteiger partial charge in [0.1, 0.15) is 5.75 Å². The van der Waals surface area contributed by atoms with Gasteiger partial charge in [-0.3, -0.25) is 9.59 Å². The number of benzene rings is 1. The summed E-state index contributed by atoms with van der Waals surface area (Å²) in [5.74, 6) is -2.08. The Kier molecular flexibility index (Phi) is 3.38. The molecule has 2 unspecified atom stereocenters. The Labute approximate surface area is 124 Å². The Morgan fingerprint density at radius 1 is 1.18 bits per heavy atom. The lowest BCUT2D eigenvalue weighted by molar-refractivity contribution is -0.186. The number of ether oxygens (including phenoxy) is 1. The quantitative estimate of drug-likeness (QED) is 0.591. The summed E-state index contributed by atoms with van der Waals surface area (Å²) in [7, 11) is 0. The van der Waals surface area contributed by atoms with Crippen molar-refractivity contribution in [2.45, 2.75) is 31.4 Å². The van der Waals surface area contributed by atoms with Crippen molar-refractivity contribution in [3.8, 4) is 5.75 Å². The number of hydrogen-bond acceptors (Lipinski definition) is 3. The van der Waals surface area contributed by atoms with Crippen LogP contribution in [0.3, 0.4) is 0 Å². The molecular formula is C15H14F3NO3. The standard InChI is InChI=1S/C15H14F3NO3/c1-8(20)22-11-2-3-12-9-4-10(13(12)5-11)7-19(6-9)14(21)15(16,17)18/h2-3,5,9-10H,4,6-7H2,1H3. The molecule has 0 aromatic heterocycles. The van der Waals surface area contributed by atoms with Crippen molar-refractivity contribution in [2.75, 3.05) is 13.1 Å². The summed E-state index contributed by atoms with van der Waals surface area (Å²) >= 11 is 0. The summed E-state index contributed by atoms with van der Waals surface area (Å²) in [6.07, 6.45) is -4.12. The first-order chi connectivity index (χ1) is 10.3. The van der Waals surface area contributed by atoms with E-state index in [4.69, 9.17) is 4.74 Å². The zero-order valence-corrected chi connectivity index (χ0v) is 11.8. The molecule has 1 heterocycles. The second-order valence-corrected chi connectivity index (χ2v) is 5.72. The minimum Gasteiger partial charge on any atom is -0.427 e. The number of hydrogen-bond donors (Lipinski definition) is 0. The largest absolute Gasteiger partial charge is 0.471 e. The van der Waals surface area contributed by atoms with E-state index in [0.29, 0.717) is 5.75 Å². The summed E-state index contributed by atoms with van der Waals surface area (Å²) in [6.45, 7) is 1.41. The van der Waals surface area contributed by atoms with Gasteiger partial charge in [-0.2, -0.15) is 13.2 Å². The molecule has 0 N–H and O–H groups in total. The third kappa shape index (κ3) is 2.55. The molecule has 0 radical (unpaired) electrons. The van der Waals surface area contributed by atoms with E-state index in [-0.39, 0.29) is 24.9 Å². The Hall–Kier alpha value is -2.05. The number of rotatable bonds is 1. The molecule has 2 atom stereocenters. The van der Waals surface area contributed by atoms with Gasteiger partial charge in [0.25, 0.3) is 0 Å². The van der Waals surface area contributed by atoms with E-state index < -0.39 is 18.1 Å². The molecule has 1 amide bonds. The van der Waals surface area contributed by atoms with Crippen LogP contribution in [0.5, 0.6) is 5.75 Å². The van der Waals surface area contributed by atoms with Gasteiger partial charge in [0, 0.05) is 31.8 Å². The molecule has 0 spiro atoms. The average molecular weight is 313 g/mol. The molecule has 1 fully saturated rings. The Morgan fingerprint density at radius 2 is 1.82 bits per heavy atom. The van der Waals surface area contributed by atoms with Crippen LogP contribution in [0.1, 0.15) is 36.3 Å². The fourth-order valence-corrected chi connectivity index (χ4v) is 3.40. The van der Waals surface area contributed by atoms with Crippen LogP contribution in [0.25, 0.3) is 0 Å². The SMILES string of the molecule is CC(=O)Oc1ccc2c(c1)C1CC2CN(C(=O)C(F)(F)F)C1. The zero-order valence-electron chi connectivity index (χ0n) is 11.8. The van der Waals surface area contributed by atoms with Crippen LogP contribution in [-0.4, -0.2) is 36.0 Å². The predicted octanol–water partition coefficient (Wildman–Crippen LogP) is 2.59. The van der Waals surface area contributed by atoms with Gasteiger partial charge >= 0.3 is 18.1 Å². The van der Waals surface area contributed by atoms with Gasteiger partial charge in [-0.05, 0) is 29.7 Å². The highest BCUT2D eigenvalue weighted by atomic mass is 19.4. The molecule has 1 saturated heterocycles. The molecule has 3 rings (SSSR count). The van der Waals surface area contributed by atoms with Crippen LogP contribution < -0.4 is 4.74 Å². The first-order valence-electron chi connectivity index (χ1n) is 6.94. The van der Waals surface area contributed by atoms with Gasteiger partial charge in [-0.25, -0.2) is 0 Å². The summed E-state index contributed by atoms with van der Waals surface area (Å²) in [5, 5.41) is 0. The second kappa shape index (κ2) is 5.00. The van der Waals surface area contributed by atoms with E-state index >= 15 is 0 Å². The van der Waals surface area contributed by atoms with Gasteiger partial charge in [-0.1, -0.05) is 6.07 Å². The van der Waals surface area contributed by atoms with Gasteiger partial charge in [0.05, 0.1) is 0 Å². The number of amides is 1. The van der Waals surface area contributed by atoms with Gasteiger partial charge in [0.2, 0.25) is 0 Å². The molecule has 0 saturated carbocycles. The smallest absolute Gasteiger partial charge is 0.427 e. The highest BCUT2D eigenvalue weighted by molar-refractivity contribution is 5.82. The maximum absolute atomic E-state index is 12.6. The summed E-state index contributed by atoms with van der Waals surface area (Å²) in [6, 6.07) is 5.11. The molecule has 118 valence electrons. The van der Waals surface area contributed by atoms with E-state index in [1.165, 1.54) is 6.92 Å². The Bertz CT molecular complexity index is 641. The highest BCUT2D eigenvalue weighted by Gasteiger charge is 2.47.